The molecule has 1 aromatic heterocycles. The number of nitrogens with zero attached hydrogens (tertiary/aromatic N) is 4. The Morgan fingerprint density at radius 1 is 0.938 bits per heavy atom. The maximum Gasteiger partial charge on any atom is 0.238 e. The zero-order valence-corrected chi connectivity index (χ0v) is 19.8. The van der Waals surface area contributed by atoms with Crippen molar-refractivity contribution < 1.29 is 18.7 Å². The molecule has 0 aromatic carbocycles. The monoisotopic (exact) mass is 446 g/mol. The zero-order chi connectivity index (χ0) is 22.7. The maximum atomic E-state index is 13.1. The number of piperidine rings is 2. The van der Waals surface area contributed by atoms with Gasteiger partial charge in [-0.3, -0.25) is 9.59 Å². The van der Waals surface area contributed by atoms with Crippen molar-refractivity contribution in [1.82, 2.24) is 20.0 Å². The largest absolute Gasteiger partial charge is 0.423 e. The molecule has 4 rings (SSSR count). The summed E-state index contributed by atoms with van der Waals surface area (Å²) in [7, 11) is 0. The van der Waals surface area contributed by atoms with Gasteiger partial charge in [-0.1, -0.05) is 20.8 Å². The standard InChI is InChI=1S/C24H38N4O4/c1-24(2,3)23(30)27-13-10-17(11-14-27)21-25-26-22(32-21)19-9-4-6-12-28(19)20(29)16-18-8-5-7-15-31-18/h17-19H,4-16H2,1-3H3/t18-,19+/m1/s1. The molecule has 8 nitrogen and oxygen atoms in total. The second kappa shape index (κ2) is 9.89. The van der Waals surface area contributed by atoms with Gasteiger partial charge in [-0.05, 0) is 51.4 Å². The van der Waals surface area contributed by atoms with Gasteiger partial charge >= 0.3 is 0 Å². The lowest BCUT2D eigenvalue weighted by molar-refractivity contribution is -0.140. The van der Waals surface area contributed by atoms with Crippen molar-refractivity contribution in [1.29, 1.82) is 0 Å². The Hall–Kier alpha value is -1.96. The van der Waals surface area contributed by atoms with Gasteiger partial charge in [0.1, 0.15) is 6.04 Å². The first-order valence-electron chi connectivity index (χ1n) is 12.4. The number of aromatic nitrogens is 2. The number of amides is 2. The van der Waals surface area contributed by atoms with Gasteiger partial charge in [-0.2, -0.15) is 0 Å². The number of likely N-dealkylation sites (tertiary alicyclic amines) is 2. The second-order valence-electron chi connectivity index (χ2n) is 10.6. The normalized spacial score (nSPS) is 25.7. The van der Waals surface area contributed by atoms with E-state index < -0.39 is 0 Å². The molecule has 3 aliphatic heterocycles. The highest BCUT2D eigenvalue weighted by Crippen LogP contribution is 2.34. The van der Waals surface area contributed by atoms with Crippen LogP contribution >= 0.6 is 0 Å². The highest BCUT2D eigenvalue weighted by molar-refractivity contribution is 5.81. The lowest BCUT2D eigenvalue weighted by Gasteiger charge is -2.35. The Labute approximate surface area is 191 Å². The zero-order valence-electron chi connectivity index (χ0n) is 19.8. The van der Waals surface area contributed by atoms with Crippen LogP contribution < -0.4 is 0 Å². The van der Waals surface area contributed by atoms with E-state index in [1.807, 2.05) is 30.6 Å². The van der Waals surface area contributed by atoms with Crippen LogP contribution in [0.3, 0.4) is 0 Å². The minimum atomic E-state index is -0.357. The summed E-state index contributed by atoms with van der Waals surface area (Å²) < 4.78 is 11.9. The van der Waals surface area contributed by atoms with Crippen molar-refractivity contribution in [3.63, 3.8) is 0 Å². The van der Waals surface area contributed by atoms with Crippen LogP contribution in [0, 0.1) is 5.41 Å². The van der Waals surface area contributed by atoms with E-state index in [4.69, 9.17) is 9.15 Å². The molecule has 0 unspecified atom stereocenters. The third-order valence-corrected chi connectivity index (χ3v) is 7.01. The van der Waals surface area contributed by atoms with E-state index in [0.29, 0.717) is 31.3 Å². The highest BCUT2D eigenvalue weighted by atomic mass is 16.5. The maximum absolute atomic E-state index is 13.1. The quantitative estimate of drug-likeness (QED) is 0.698. The summed E-state index contributed by atoms with van der Waals surface area (Å²) in [5, 5.41) is 8.73. The Morgan fingerprint density at radius 2 is 1.66 bits per heavy atom. The Balaban J connectivity index is 1.37. The number of carbonyl (C=O) groups is 2. The van der Waals surface area contributed by atoms with E-state index in [2.05, 4.69) is 10.2 Å². The van der Waals surface area contributed by atoms with Crippen molar-refractivity contribution >= 4 is 11.8 Å². The first-order valence-corrected chi connectivity index (χ1v) is 12.4. The third kappa shape index (κ3) is 5.33. The summed E-state index contributed by atoms with van der Waals surface area (Å²) in [5.41, 5.74) is -0.357. The molecule has 3 aliphatic rings. The first kappa shape index (κ1) is 23.2. The smallest absolute Gasteiger partial charge is 0.238 e. The fourth-order valence-corrected chi connectivity index (χ4v) is 5.12. The molecule has 0 N–H and O–H groups in total. The van der Waals surface area contributed by atoms with Gasteiger partial charge in [0, 0.05) is 37.6 Å². The van der Waals surface area contributed by atoms with Crippen molar-refractivity contribution in [3.05, 3.63) is 11.8 Å². The third-order valence-electron chi connectivity index (χ3n) is 7.01. The molecular weight excluding hydrogens is 408 g/mol. The van der Waals surface area contributed by atoms with E-state index in [-0.39, 0.29) is 35.3 Å². The second-order valence-corrected chi connectivity index (χ2v) is 10.6. The van der Waals surface area contributed by atoms with Crippen LogP contribution in [-0.4, -0.2) is 64.2 Å². The van der Waals surface area contributed by atoms with Crippen molar-refractivity contribution in [2.45, 2.75) is 96.6 Å². The van der Waals surface area contributed by atoms with Gasteiger partial charge in [-0.25, -0.2) is 0 Å². The van der Waals surface area contributed by atoms with Crippen LogP contribution in [0.5, 0.6) is 0 Å². The van der Waals surface area contributed by atoms with E-state index in [1.54, 1.807) is 0 Å². The molecule has 32 heavy (non-hydrogen) atoms. The molecule has 1 aromatic rings. The summed E-state index contributed by atoms with van der Waals surface area (Å²) in [6.45, 7) is 8.81. The molecule has 0 saturated carbocycles. The average Bonchev–Trinajstić information content (AvgIpc) is 3.29. The lowest BCUT2D eigenvalue weighted by Crippen LogP contribution is -2.43. The summed E-state index contributed by atoms with van der Waals surface area (Å²) in [6, 6.07) is -0.136. The van der Waals surface area contributed by atoms with Gasteiger partial charge in [0.2, 0.25) is 23.6 Å². The fraction of sp³-hybridized carbons (Fsp3) is 0.833. The molecule has 0 aliphatic carbocycles. The highest BCUT2D eigenvalue weighted by Gasteiger charge is 2.36. The van der Waals surface area contributed by atoms with Crippen LogP contribution in [0.2, 0.25) is 0 Å². The fourth-order valence-electron chi connectivity index (χ4n) is 5.12. The van der Waals surface area contributed by atoms with Crippen molar-refractivity contribution in [3.8, 4) is 0 Å². The molecule has 2 atom stereocenters. The topological polar surface area (TPSA) is 88.8 Å². The number of ether oxygens (including phenoxy) is 1. The molecule has 4 heterocycles. The van der Waals surface area contributed by atoms with E-state index in [9.17, 15) is 9.59 Å². The van der Waals surface area contributed by atoms with E-state index >= 15 is 0 Å². The van der Waals surface area contributed by atoms with Crippen LogP contribution in [0.4, 0.5) is 0 Å². The Kier molecular flexibility index (Phi) is 7.17. The molecule has 2 amide bonds. The van der Waals surface area contributed by atoms with Crippen LogP contribution in [0.25, 0.3) is 0 Å². The van der Waals surface area contributed by atoms with Crippen molar-refractivity contribution in [2.75, 3.05) is 26.2 Å². The molecular formula is C24H38N4O4. The minimum absolute atomic E-state index is 0.0399. The SMILES string of the molecule is CC(C)(C)C(=O)N1CCC(c2nnc([C@@H]3CCCCN3C(=O)C[C@H]3CCCCO3)o2)CC1. The van der Waals surface area contributed by atoms with E-state index in [1.165, 1.54) is 0 Å². The van der Waals surface area contributed by atoms with Crippen LogP contribution in [-0.2, 0) is 14.3 Å². The Bertz CT molecular complexity index is 788. The number of carbonyl (C=O) groups excluding carboxylic acids is 2. The van der Waals surface area contributed by atoms with Gasteiger partial charge in [0.05, 0.1) is 12.5 Å². The van der Waals surface area contributed by atoms with Gasteiger partial charge in [-0.15, -0.1) is 10.2 Å². The van der Waals surface area contributed by atoms with Gasteiger partial charge < -0.3 is 19.0 Å². The van der Waals surface area contributed by atoms with Crippen LogP contribution in [0.1, 0.15) is 102 Å². The molecule has 8 heteroatoms. The predicted octanol–water partition coefficient (Wildman–Crippen LogP) is 3.83. The molecule has 3 fully saturated rings. The summed E-state index contributed by atoms with van der Waals surface area (Å²) in [4.78, 5) is 29.5. The predicted molar refractivity (Wildman–Crippen MR) is 119 cm³/mol. The first-order chi connectivity index (χ1) is 15.3. The molecule has 3 saturated heterocycles. The molecule has 0 radical (unpaired) electrons. The molecule has 178 valence electrons. The minimum Gasteiger partial charge on any atom is -0.423 e. The van der Waals surface area contributed by atoms with Crippen molar-refractivity contribution in [2.24, 2.45) is 5.41 Å². The molecule has 0 bridgehead atoms. The van der Waals surface area contributed by atoms with E-state index in [0.717, 1.165) is 64.5 Å². The van der Waals surface area contributed by atoms with Gasteiger partial charge in [0.25, 0.3) is 0 Å². The molecule has 0 spiro atoms. The summed E-state index contributed by atoms with van der Waals surface area (Å²) in [5.74, 6) is 1.71. The van der Waals surface area contributed by atoms with Crippen LogP contribution in [0.15, 0.2) is 4.42 Å². The number of hydrogen-bond acceptors (Lipinski definition) is 6. The summed E-state index contributed by atoms with van der Waals surface area (Å²) in [6.07, 6.45) is 8.25. The number of hydrogen-bond donors (Lipinski definition) is 0. The average molecular weight is 447 g/mol. The summed E-state index contributed by atoms with van der Waals surface area (Å²) >= 11 is 0. The van der Waals surface area contributed by atoms with Gasteiger partial charge in [0.15, 0.2) is 0 Å². The number of rotatable bonds is 4. The lowest BCUT2D eigenvalue weighted by atomic mass is 9.91. The Morgan fingerprint density at radius 3 is 2.34 bits per heavy atom.